The molecule has 3 N–H and O–H groups in total. The summed E-state index contributed by atoms with van der Waals surface area (Å²) in [6.45, 7) is 2.61. The minimum atomic E-state index is -0.175. The highest BCUT2D eigenvalue weighted by Crippen LogP contribution is 2.25. The van der Waals surface area contributed by atoms with Gasteiger partial charge in [0, 0.05) is 17.8 Å². The largest absolute Gasteiger partial charge is 0.366 e. The zero-order valence-corrected chi connectivity index (χ0v) is 13.1. The van der Waals surface area contributed by atoms with Crippen LogP contribution in [0, 0.1) is 6.92 Å². The Labute approximate surface area is 133 Å². The maximum Gasteiger partial charge on any atom is 0.323 e. The molecule has 0 spiro atoms. The third kappa shape index (κ3) is 2.72. The van der Waals surface area contributed by atoms with E-state index >= 15 is 0 Å². The quantitative estimate of drug-likeness (QED) is 0.693. The summed E-state index contributed by atoms with van der Waals surface area (Å²) in [5.41, 5.74) is 5.04. The summed E-state index contributed by atoms with van der Waals surface area (Å²) in [5, 5.41) is 3.45. The van der Waals surface area contributed by atoms with Crippen molar-refractivity contribution in [3.8, 4) is 0 Å². The lowest BCUT2D eigenvalue weighted by atomic mass is 9.96. The molecule has 2 heterocycles. The van der Waals surface area contributed by atoms with E-state index in [4.69, 9.17) is 0 Å². The first-order valence-electron chi connectivity index (χ1n) is 8.00. The number of hydrogen-bond acceptors (Lipinski definition) is 4. The van der Waals surface area contributed by atoms with Crippen molar-refractivity contribution in [2.45, 2.75) is 39.2 Å². The number of H-pyrrole nitrogens is 2. The van der Waals surface area contributed by atoms with Gasteiger partial charge in [0.25, 0.3) is 0 Å². The van der Waals surface area contributed by atoms with Crippen molar-refractivity contribution in [1.29, 1.82) is 0 Å². The average Bonchev–Trinajstić information content (AvgIpc) is 2.91. The van der Waals surface area contributed by atoms with Crippen LogP contribution in [0.5, 0.6) is 0 Å². The van der Waals surface area contributed by atoms with Crippen LogP contribution in [0.3, 0.4) is 0 Å². The third-order valence-corrected chi connectivity index (χ3v) is 4.34. The average molecular weight is 309 g/mol. The van der Waals surface area contributed by atoms with Crippen molar-refractivity contribution < 1.29 is 0 Å². The fraction of sp³-hybridized carbons (Fsp3) is 0.353. The zero-order chi connectivity index (χ0) is 15.8. The fourth-order valence-electron chi connectivity index (χ4n) is 3.24. The Morgan fingerprint density at radius 2 is 1.96 bits per heavy atom. The number of fused-ring (bicyclic) bond motifs is 2. The molecular formula is C17H19N5O. The number of nitrogens with zero attached hydrogens (tertiary/aromatic N) is 2. The van der Waals surface area contributed by atoms with Crippen LogP contribution in [0.1, 0.15) is 35.5 Å². The minimum absolute atomic E-state index is 0.175. The summed E-state index contributed by atoms with van der Waals surface area (Å²) in [7, 11) is 0. The van der Waals surface area contributed by atoms with Crippen LogP contribution in [0.2, 0.25) is 0 Å². The van der Waals surface area contributed by atoms with Crippen LogP contribution in [0.4, 0.5) is 5.82 Å². The van der Waals surface area contributed by atoms with Gasteiger partial charge in [0.2, 0.25) is 0 Å². The van der Waals surface area contributed by atoms with E-state index in [0.717, 1.165) is 41.1 Å². The highest BCUT2D eigenvalue weighted by molar-refractivity contribution is 5.75. The van der Waals surface area contributed by atoms with Crippen molar-refractivity contribution in [3.63, 3.8) is 0 Å². The first-order valence-corrected chi connectivity index (χ1v) is 8.00. The summed E-state index contributed by atoms with van der Waals surface area (Å²) >= 11 is 0. The van der Waals surface area contributed by atoms with Crippen LogP contribution in [0.25, 0.3) is 11.0 Å². The maximum atomic E-state index is 11.3. The Balaban J connectivity index is 1.60. The number of aromatic amines is 2. The van der Waals surface area contributed by atoms with Gasteiger partial charge in [-0.2, -0.15) is 0 Å². The smallest absolute Gasteiger partial charge is 0.323 e. The molecule has 0 amide bonds. The fourth-order valence-corrected chi connectivity index (χ4v) is 3.24. The van der Waals surface area contributed by atoms with Crippen molar-refractivity contribution in [2.75, 3.05) is 5.32 Å². The van der Waals surface area contributed by atoms with E-state index in [1.807, 2.05) is 25.1 Å². The van der Waals surface area contributed by atoms with Gasteiger partial charge in [0.15, 0.2) is 0 Å². The summed E-state index contributed by atoms with van der Waals surface area (Å²) in [6.07, 6.45) is 4.50. The van der Waals surface area contributed by atoms with Gasteiger partial charge in [-0.25, -0.2) is 14.8 Å². The number of benzene rings is 1. The second-order valence-electron chi connectivity index (χ2n) is 6.06. The van der Waals surface area contributed by atoms with Gasteiger partial charge in [0.05, 0.1) is 11.0 Å². The molecule has 0 saturated heterocycles. The van der Waals surface area contributed by atoms with E-state index < -0.39 is 0 Å². The molecule has 1 aliphatic rings. The zero-order valence-electron chi connectivity index (χ0n) is 13.1. The molecular weight excluding hydrogens is 290 g/mol. The van der Waals surface area contributed by atoms with Gasteiger partial charge in [-0.3, -0.25) is 0 Å². The van der Waals surface area contributed by atoms with Gasteiger partial charge >= 0.3 is 5.69 Å². The lowest BCUT2D eigenvalue weighted by molar-refractivity contribution is 0.659. The summed E-state index contributed by atoms with van der Waals surface area (Å²) in [5.74, 6) is 1.77. The number of nitrogens with one attached hydrogen (secondary N) is 3. The van der Waals surface area contributed by atoms with Crippen molar-refractivity contribution in [3.05, 3.63) is 51.3 Å². The molecule has 3 aromatic rings. The van der Waals surface area contributed by atoms with E-state index in [2.05, 4.69) is 25.3 Å². The van der Waals surface area contributed by atoms with Gasteiger partial charge in [-0.05, 0) is 50.3 Å². The molecule has 4 rings (SSSR count). The van der Waals surface area contributed by atoms with Crippen LogP contribution < -0.4 is 11.0 Å². The second kappa shape index (κ2) is 5.53. The Kier molecular flexibility index (Phi) is 3.37. The lowest BCUT2D eigenvalue weighted by Gasteiger charge is -2.19. The van der Waals surface area contributed by atoms with Gasteiger partial charge in [0.1, 0.15) is 11.6 Å². The van der Waals surface area contributed by atoms with Crippen LogP contribution >= 0.6 is 0 Å². The monoisotopic (exact) mass is 309 g/mol. The molecule has 0 radical (unpaired) electrons. The predicted molar refractivity (Wildman–Crippen MR) is 89.7 cm³/mol. The second-order valence-corrected chi connectivity index (χ2v) is 6.06. The normalized spacial score (nSPS) is 14.0. The number of hydrogen-bond donors (Lipinski definition) is 3. The van der Waals surface area contributed by atoms with E-state index in [9.17, 15) is 4.79 Å². The molecule has 1 aliphatic carbocycles. The molecule has 6 nitrogen and oxygen atoms in total. The number of imidazole rings is 1. The molecule has 1 aromatic carbocycles. The van der Waals surface area contributed by atoms with Crippen molar-refractivity contribution in [2.24, 2.45) is 0 Å². The molecule has 0 atom stereocenters. The molecule has 23 heavy (non-hydrogen) atoms. The number of anilines is 1. The van der Waals surface area contributed by atoms with Crippen molar-refractivity contribution >= 4 is 16.9 Å². The first kappa shape index (κ1) is 14.0. The first-order chi connectivity index (χ1) is 11.2. The van der Waals surface area contributed by atoms with E-state index in [0.29, 0.717) is 6.54 Å². The van der Waals surface area contributed by atoms with Crippen molar-refractivity contribution in [1.82, 2.24) is 19.9 Å². The van der Waals surface area contributed by atoms with E-state index in [-0.39, 0.29) is 5.69 Å². The van der Waals surface area contributed by atoms with E-state index in [1.54, 1.807) is 0 Å². The van der Waals surface area contributed by atoms with Gasteiger partial charge in [-0.1, -0.05) is 6.07 Å². The molecule has 0 unspecified atom stereocenters. The Morgan fingerprint density at radius 3 is 2.87 bits per heavy atom. The van der Waals surface area contributed by atoms with Crippen LogP contribution in [-0.4, -0.2) is 19.9 Å². The Morgan fingerprint density at radius 1 is 1.13 bits per heavy atom. The highest BCUT2D eigenvalue weighted by Gasteiger charge is 2.16. The third-order valence-electron chi connectivity index (χ3n) is 4.34. The molecule has 0 bridgehead atoms. The number of aryl methyl sites for hydroxylation is 2. The van der Waals surface area contributed by atoms with Crippen LogP contribution in [-0.2, 0) is 19.4 Å². The molecule has 0 aliphatic heterocycles. The standard InChI is InChI=1S/C17H19N5O/c1-10-19-13-5-3-2-4-12(13)16(20-10)18-9-11-6-7-14-15(8-11)22-17(23)21-14/h6-8H,2-5,9H2,1H3,(H,18,19,20)(H2,21,22,23). The minimum Gasteiger partial charge on any atom is -0.366 e. The topological polar surface area (TPSA) is 86.5 Å². The molecule has 0 fully saturated rings. The van der Waals surface area contributed by atoms with E-state index in [1.165, 1.54) is 24.1 Å². The highest BCUT2D eigenvalue weighted by atomic mass is 16.1. The molecule has 0 saturated carbocycles. The Hall–Kier alpha value is -2.63. The summed E-state index contributed by atoms with van der Waals surface area (Å²) < 4.78 is 0. The number of aromatic nitrogens is 4. The number of rotatable bonds is 3. The SMILES string of the molecule is Cc1nc2c(c(NCc3ccc4[nH]c(=O)[nH]c4c3)n1)CCCC2. The van der Waals surface area contributed by atoms with Crippen LogP contribution in [0.15, 0.2) is 23.0 Å². The molecule has 6 heteroatoms. The summed E-state index contributed by atoms with van der Waals surface area (Å²) in [4.78, 5) is 26.0. The molecule has 2 aromatic heterocycles. The maximum absolute atomic E-state index is 11.3. The summed E-state index contributed by atoms with van der Waals surface area (Å²) in [6, 6.07) is 5.92. The van der Waals surface area contributed by atoms with Gasteiger partial charge < -0.3 is 15.3 Å². The lowest BCUT2D eigenvalue weighted by Crippen LogP contribution is -2.13. The van der Waals surface area contributed by atoms with Gasteiger partial charge in [-0.15, -0.1) is 0 Å². The predicted octanol–water partition coefficient (Wildman–Crippen LogP) is 2.45. The Bertz CT molecular complexity index is 924. The molecule has 118 valence electrons.